The Bertz CT molecular complexity index is 1680. The molecule has 6 atom stereocenters. The number of rotatable bonds is 7. The van der Waals surface area contributed by atoms with Gasteiger partial charge in [-0.15, -0.1) is 0 Å². The molecule has 0 spiro atoms. The van der Waals surface area contributed by atoms with Gasteiger partial charge in [-0.3, -0.25) is 28.9 Å². The molecule has 2 aliphatic heterocycles. The van der Waals surface area contributed by atoms with Crippen molar-refractivity contribution in [3.8, 4) is 17.2 Å². The highest BCUT2D eigenvalue weighted by Gasteiger charge is 2.67. The number of aromatic hydroxyl groups is 1. The summed E-state index contributed by atoms with van der Waals surface area (Å²) in [6, 6.07) is 6.67. The van der Waals surface area contributed by atoms with Gasteiger partial charge in [0.05, 0.1) is 54.5 Å². The minimum atomic E-state index is -1.42. The number of allylic oxidation sites excluding steroid dienone is 2. The smallest absolute Gasteiger partial charge is 0.305 e. The lowest BCUT2D eigenvalue weighted by molar-refractivity contribution is -0.142. The molecule has 236 valence electrons. The van der Waals surface area contributed by atoms with E-state index < -0.39 is 76.8 Å². The van der Waals surface area contributed by atoms with Crippen LogP contribution in [0.25, 0.3) is 0 Å². The third kappa shape index (κ3) is 4.40. The molecule has 3 fully saturated rings. The second kappa shape index (κ2) is 10.9. The molecule has 45 heavy (non-hydrogen) atoms. The molecule has 6 rings (SSSR count). The van der Waals surface area contributed by atoms with Crippen molar-refractivity contribution in [1.29, 1.82) is 0 Å². The lowest BCUT2D eigenvalue weighted by Crippen LogP contribution is -2.48. The summed E-state index contributed by atoms with van der Waals surface area (Å²) in [6.07, 6.45) is 1.67. The average Bonchev–Trinajstić information content (AvgIpc) is 3.36. The van der Waals surface area contributed by atoms with Crippen LogP contribution in [0.4, 0.5) is 10.1 Å². The van der Waals surface area contributed by atoms with Crippen LogP contribution in [0.2, 0.25) is 5.02 Å². The predicted octanol–water partition coefficient (Wildman–Crippen LogP) is 3.91. The highest BCUT2D eigenvalue weighted by molar-refractivity contribution is 6.31. The summed E-state index contributed by atoms with van der Waals surface area (Å²) >= 11 is 6.03. The van der Waals surface area contributed by atoms with E-state index in [1.165, 1.54) is 26.4 Å². The molecule has 2 saturated heterocycles. The van der Waals surface area contributed by atoms with Crippen LogP contribution in [0.5, 0.6) is 17.2 Å². The fourth-order valence-corrected chi connectivity index (χ4v) is 8.01. The standard InChI is InChI=1S/C32H30ClFN2O9/c1-32-19(29(41)36(31(32)43)15-4-7-21(34)20(33)12-15)13-18-16(26(32)14-10-22(44-2)27(39)23(11-14)45-3)5-6-17-25(18)30(42)35(28(17)40)9-8-24(37)38/h4-5,7,10-12,17-19,25-26,39H,6,8-9,13H2,1-3H3,(H,37,38). The SMILES string of the molecule is COc1cc(C2C3=CCC4C(=O)N(CCC(=O)O)C(=O)C4C3CC3C(=O)N(c4ccc(F)c(Cl)c4)C(=O)C32C)cc(OC)c1O. The molecule has 11 nitrogen and oxygen atoms in total. The van der Waals surface area contributed by atoms with Crippen LogP contribution in [0.15, 0.2) is 42.0 Å². The topological polar surface area (TPSA) is 151 Å². The summed E-state index contributed by atoms with van der Waals surface area (Å²) in [6.45, 7) is 1.40. The molecule has 2 aromatic rings. The number of carboxylic acid groups (broad SMARTS) is 1. The number of carbonyl (C=O) groups is 5. The van der Waals surface area contributed by atoms with E-state index in [1.54, 1.807) is 19.1 Å². The van der Waals surface area contributed by atoms with E-state index in [0.29, 0.717) is 11.1 Å². The number of methoxy groups -OCH3 is 2. The number of hydrogen-bond acceptors (Lipinski definition) is 8. The second-order valence-electron chi connectivity index (χ2n) is 12.0. The van der Waals surface area contributed by atoms with Gasteiger partial charge in [0.15, 0.2) is 11.5 Å². The van der Waals surface area contributed by atoms with Crippen LogP contribution < -0.4 is 14.4 Å². The van der Waals surface area contributed by atoms with E-state index in [1.807, 2.05) is 6.08 Å². The maximum atomic E-state index is 14.5. The number of anilines is 1. The van der Waals surface area contributed by atoms with Gasteiger partial charge < -0.3 is 19.7 Å². The molecule has 2 N–H and O–H groups in total. The number of carbonyl (C=O) groups excluding carboxylic acids is 4. The van der Waals surface area contributed by atoms with E-state index in [-0.39, 0.29) is 47.3 Å². The Balaban J connectivity index is 1.52. The Kier molecular flexibility index (Phi) is 7.38. The number of likely N-dealkylation sites (tertiary alicyclic amines) is 1. The first-order valence-electron chi connectivity index (χ1n) is 14.4. The molecular weight excluding hydrogens is 611 g/mol. The Labute approximate surface area is 262 Å². The molecule has 4 amide bonds. The first kappa shape index (κ1) is 30.6. The third-order valence-electron chi connectivity index (χ3n) is 9.91. The van der Waals surface area contributed by atoms with Crippen molar-refractivity contribution in [2.75, 3.05) is 25.7 Å². The van der Waals surface area contributed by atoms with Gasteiger partial charge in [-0.25, -0.2) is 9.29 Å². The van der Waals surface area contributed by atoms with Crippen molar-refractivity contribution in [2.45, 2.75) is 32.1 Å². The molecular formula is C32H30ClFN2O9. The number of hydrogen-bond donors (Lipinski definition) is 2. The molecule has 2 aromatic carbocycles. The summed E-state index contributed by atoms with van der Waals surface area (Å²) in [4.78, 5) is 69.1. The van der Waals surface area contributed by atoms with Crippen LogP contribution in [0, 0.1) is 34.9 Å². The second-order valence-corrected chi connectivity index (χ2v) is 12.4. The van der Waals surface area contributed by atoms with Gasteiger partial charge in [0.2, 0.25) is 29.4 Å². The van der Waals surface area contributed by atoms with Gasteiger partial charge >= 0.3 is 5.97 Å². The summed E-state index contributed by atoms with van der Waals surface area (Å²) in [7, 11) is 2.71. The minimum Gasteiger partial charge on any atom is -0.502 e. The Morgan fingerprint density at radius 2 is 1.71 bits per heavy atom. The first-order chi connectivity index (χ1) is 21.3. The lowest BCUT2D eigenvalue weighted by atomic mass is 9.51. The number of phenolic OH excluding ortho intramolecular Hbond substituents is 1. The van der Waals surface area contributed by atoms with Crippen molar-refractivity contribution in [2.24, 2.45) is 29.1 Å². The van der Waals surface area contributed by atoms with Crippen molar-refractivity contribution < 1.29 is 48.0 Å². The molecule has 2 heterocycles. The van der Waals surface area contributed by atoms with E-state index >= 15 is 0 Å². The number of ether oxygens (including phenoxy) is 2. The van der Waals surface area contributed by atoms with Gasteiger partial charge in [0.25, 0.3) is 0 Å². The molecule has 2 aliphatic carbocycles. The van der Waals surface area contributed by atoms with Crippen molar-refractivity contribution in [3.63, 3.8) is 0 Å². The third-order valence-corrected chi connectivity index (χ3v) is 10.2. The Morgan fingerprint density at radius 1 is 1.04 bits per heavy atom. The molecule has 0 bridgehead atoms. The van der Waals surface area contributed by atoms with Gasteiger partial charge in [0.1, 0.15) is 5.82 Å². The number of amides is 4. The molecule has 13 heteroatoms. The summed E-state index contributed by atoms with van der Waals surface area (Å²) in [5, 5.41) is 19.6. The zero-order valence-corrected chi connectivity index (χ0v) is 25.3. The molecule has 4 aliphatic rings. The van der Waals surface area contributed by atoms with E-state index in [0.717, 1.165) is 15.9 Å². The van der Waals surface area contributed by atoms with Gasteiger partial charge in [-0.1, -0.05) is 23.3 Å². The van der Waals surface area contributed by atoms with Gasteiger partial charge in [-0.2, -0.15) is 0 Å². The molecule has 6 unspecified atom stereocenters. The number of nitrogens with zero attached hydrogens (tertiary/aromatic N) is 2. The fraction of sp³-hybridized carbons (Fsp3) is 0.406. The van der Waals surface area contributed by atoms with E-state index in [9.17, 15) is 38.6 Å². The highest BCUT2D eigenvalue weighted by Crippen LogP contribution is 2.64. The van der Waals surface area contributed by atoms with Crippen molar-refractivity contribution in [1.82, 2.24) is 4.90 Å². The number of aliphatic carboxylic acids is 1. The van der Waals surface area contributed by atoms with Gasteiger partial charge in [-0.05, 0) is 61.6 Å². The largest absolute Gasteiger partial charge is 0.502 e. The average molecular weight is 641 g/mol. The normalized spacial score (nSPS) is 28.9. The Morgan fingerprint density at radius 3 is 2.31 bits per heavy atom. The summed E-state index contributed by atoms with van der Waals surface area (Å²) in [5.41, 5.74) is -0.183. The van der Waals surface area contributed by atoms with E-state index in [4.69, 9.17) is 21.1 Å². The maximum Gasteiger partial charge on any atom is 0.305 e. The van der Waals surface area contributed by atoms with Crippen LogP contribution in [0.1, 0.15) is 37.7 Å². The number of carboxylic acids is 1. The number of imide groups is 2. The van der Waals surface area contributed by atoms with Crippen LogP contribution in [-0.2, 0) is 24.0 Å². The number of phenols is 1. The van der Waals surface area contributed by atoms with E-state index in [2.05, 4.69) is 0 Å². The monoisotopic (exact) mass is 640 g/mol. The van der Waals surface area contributed by atoms with Crippen molar-refractivity contribution >= 4 is 46.9 Å². The number of halogens is 2. The van der Waals surface area contributed by atoms with Crippen LogP contribution in [-0.4, -0.2) is 65.5 Å². The van der Waals surface area contributed by atoms with Crippen molar-refractivity contribution in [3.05, 3.63) is 58.4 Å². The molecule has 1 saturated carbocycles. The summed E-state index contributed by atoms with van der Waals surface area (Å²) in [5.74, 6) is -8.16. The first-order valence-corrected chi connectivity index (χ1v) is 14.8. The molecule has 0 aromatic heterocycles. The van der Waals surface area contributed by atoms with Gasteiger partial charge in [0, 0.05) is 12.5 Å². The quantitative estimate of drug-likeness (QED) is 0.339. The number of fused-ring (bicyclic) bond motifs is 4. The maximum absolute atomic E-state index is 14.5. The predicted molar refractivity (Wildman–Crippen MR) is 156 cm³/mol. The minimum absolute atomic E-state index is 0.0619. The summed E-state index contributed by atoms with van der Waals surface area (Å²) < 4.78 is 24.9. The fourth-order valence-electron chi connectivity index (χ4n) is 7.84. The number of benzene rings is 2. The highest BCUT2D eigenvalue weighted by atomic mass is 35.5. The lowest BCUT2D eigenvalue weighted by Gasteiger charge is -2.49. The zero-order valence-electron chi connectivity index (χ0n) is 24.6. The van der Waals surface area contributed by atoms with Crippen LogP contribution in [0.3, 0.4) is 0 Å². The zero-order chi connectivity index (χ0) is 32.5. The Hall–Kier alpha value is -4.45. The van der Waals surface area contributed by atoms with Crippen LogP contribution >= 0.6 is 11.6 Å². The molecule has 0 radical (unpaired) electrons.